The highest BCUT2D eigenvalue weighted by molar-refractivity contribution is 7.98. The van der Waals surface area contributed by atoms with Gasteiger partial charge in [0.25, 0.3) is 11.7 Å². The molecule has 0 atom stereocenters. The fraction of sp³-hybridized carbons (Fsp3) is 0.333. The summed E-state index contributed by atoms with van der Waals surface area (Å²) in [5.41, 5.74) is 2.41. The summed E-state index contributed by atoms with van der Waals surface area (Å²) in [4.78, 5) is 24.2. The number of carbonyl (C=O) groups is 1. The van der Waals surface area contributed by atoms with Crippen molar-refractivity contribution in [3.05, 3.63) is 53.6 Å². The van der Waals surface area contributed by atoms with Crippen molar-refractivity contribution in [2.75, 3.05) is 13.3 Å². The number of nitrogens with zero attached hydrogens (tertiary/aromatic N) is 5. The lowest BCUT2D eigenvalue weighted by atomic mass is 10.1. The molecule has 0 fully saturated rings. The fourth-order valence-electron chi connectivity index (χ4n) is 2.67. The SMILES string of the molecule is CSc1cccc(CN(C)C(=O)c2cc(C(C)C)n3ncnc3n2)c1. The Morgan fingerprint density at radius 1 is 1.32 bits per heavy atom. The topological polar surface area (TPSA) is 63.4 Å². The molecule has 0 aliphatic heterocycles. The van der Waals surface area contributed by atoms with E-state index >= 15 is 0 Å². The van der Waals surface area contributed by atoms with Crippen LogP contribution in [-0.2, 0) is 6.54 Å². The van der Waals surface area contributed by atoms with Gasteiger partial charge in [0, 0.05) is 18.5 Å². The molecule has 6 nitrogen and oxygen atoms in total. The van der Waals surface area contributed by atoms with Crippen LogP contribution in [0, 0.1) is 0 Å². The highest BCUT2D eigenvalue weighted by atomic mass is 32.2. The van der Waals surface area contributed by atoms with Gasteiger partial charge in [0.2, 0.25) is 0 Å². The molecule has 3 aromatic rings. The molecule has 25 heavy (non-hydrogen) atoms. The van der Waals surface area contributed by atoms with Gasteiger partial charge in [-0.2, -0.15) is 10.1 Å². The van der Waals surface area contributed by atoms with E-state index in [1.807, 2.05) is 24.5 Å². The van der Waals surface area contributed by atoms with Crippen LogP contribution in [0.5, 0.6) is 0 Å². The molecule has 130 valence electrons. The third kappa shape index (κ3) is 3.66. The number of carbonyl (C=O) groups excluding carboxylic acids is 1. The van der Waals surface area contributed by atoms with E-state index in [0.717, 1.165) is 11.3 Å². The highest BCUT2D eigenvalue weighted by Gasteiger charge is 2.18. The molecule has 0 aliphatic rings. The van der Waals surface area contributed by atoms with Gasteiger partial charge in [-0.3, -0.25) is 4.79 Å². The van der Waals surface area contributed by atoms with Gasteiger partial charge < -0.3 is 4.90 Å². The summed E-state index contributed by atoms with van der Waals surface area (Å²) in [5, 5.41) is 4.19. The molecule has 7 heteroatoms. The van der Waals surface area contributed by atoms with Crippen molar-refractivity contribution in [3.8, 4) is 0 Å². The van der Waals surface area contributed by atoms with Crippen LogP contribution in [-0.4, -0.2) is 43.7 Å². The third-order valence-electron chi connectivity index (χ3n) is 3.99. The average Bonchev–Trinajstić information content (AvgIpc) is 3.08. The number of aromatic nitrogens is 4. The molecule has 0 radical (unpaired) electrons. The molecule has 0 bridgehead atoms. The van der Waals surface area contributed by atoms with E-state index in [0.29, 0.717) is 18.0 Å². The first kappa shape index (κ1) is 17.4. The Bertz CT molecular complexity index is 905. The Morgan fingerprint density at radius 3 is 2.84 bits per heavy atom. The smallest absolute Gasteiger partial charge is 0.272 e. The molecule has 0 saturated heterocycles. The van der Waals surface area contributed by atoms with Gasteiger partial charge in [-0.15, -0.1) is 11.8 Å². The number of rotatable bonds is 5. The number of hydrogen-bond donors (Lipinski definition) is 0. The second-order valence-electron chi connectivity index (χ2n) is 6.21. The first-order chi connectivity index (χ1) is 12.0. The fourth-order valence-corrected chi connectivity index (χ4v) is 3.15. The van der Waals surface area contributed by atoms with Crippen LogP contribution in [0.4, 0.5) is 0 Å². The molecule has 0 aliphatic carbocycles. The van der Waals surface area contributed by atoms with Crippen molar-refractivity contribution in [1.29, 1.82) is 0 Å². The van der Waals surface area contributed by atoms with Crippen LogP contribution in [0.1, 0.15) is 41.5 Å². The molecule has 1 amide bonds. The highest BCUT2D eigenvalue weighted by Crippen LogP contribution is 2.19. The van der Waals surface area contributed by atoms with Gasteiger partial charge in [-0.25, -0.2) is 9.50 Å². The Balaban J connectivity index is 1.87. The minimum atomic E-state index is -0.123. The number of thioether (sulfide) groups is 1. The first-order valence-corrected chi connectivity index (χ1v) is 9.31. The van der Waals surface area contributed by atoms with Crippen LogP contribution in [0.2, 0.25) is 0 Å². The van der Waals surface area contributed by atoms with E-state index in [9.17, 15) is 4.79 Å². The molecular formula is C18H21N5OS. The number of benzene rings is 1. The second kappa shape index (κ2) is 7.23. The average molecular weight is 355 g/mol. The minimum absolute atomic E-state index is 0.123. The van der Waals surface area contributed by atoms with Gasteiger partial charge in [-0.1, -0.05) is 26.0 Å². The minimum Gasteiger partial charge on any atom is -0.336 e. The Morgan fingerprint density at radius 2 is 2.12 bits per heavy atom. The summed E-state index contributed by atoms with van der Waals surface area (Å²) in [6, 6.07) is 10.0. The molecule has 0 unspecified atom stereocenters. The second-order valence-corrected chi connectivity index (χ2v) is 7.09. The zero-order valence-corrected chi connectivity index (χ0v) is 15.6. The summed E-state index contributed by atoms with van der Waals surface area (Å²) in [6.45, 7) is 4.65. The molecular weight excluding hydrogens is 334 g/mol. The predicted octanol–water partition coefficient (Wildman–Crippen LogP) is 3.24. The van der Waals surface area contributed by atoms with Gasteiger partial charge in [0.15, 0.2) is 0 Å². The normalized spacial score (nSPS) is 11.2. The summed E-state index contributed by atoms with van der Waals surface area (Å²) in [6.07, 6.45) is 3.50. The van der Waals surface area contributed by atoms with E-state index in [1.165, 1.54) is 11.2 Å². The quantitative estimate of drug-likeness (QED) is 0.658. The first-order valence-electron chi connectivity index (χ1n) is 8.08. The molecule has 2 heterocycles. The Kier molecular flexibility index (Phi) is 5.03. The van der Waals surface area contributed by atoms with Crippen LogP contribution in [0.25, 0.3) is 5.78 Å². The molecule has 2 aromatic heterocycles. The van der Waals surface area contributed by atoms with Crippen molar-refractivity contribution in [3.63, 3.8) is 0 Å². The summed E-state index contributed by atoms with van der Waals surface area (Å²) in [7, 11) is 1.79. The molecule has 1 aromatic carbocycles. The third-order valence-corrected chi connectivity index (χ3v) is 4.72. The Hall–Kier alpha value is -2.41. The number of hydrogen-bond acceptors (Lipinski definition) is 5. The maximum Gasteiger partial charge on any atom is 0.272 e. The predicted molar refractivity (Wildman–Crippen MR) is 98.9 cm³/mol. The van der Waals surface area contributed by atoms with Crippen molar-refractivity contribution in [1.82, 2.24) is 24.5 Å². The maximum atomic E-state index is 12.8. The van der Waals surface area contributed by atoms with Crippen molar-refractivity contribution in [2.24, 2.45) is 0 Å². The van der Waals surface area contributed by atoms with Gasteiger partial charge >= 0.3 is 0 Å². The zero-order valence-electron chi connectivity index (χ0n) is 14.8. The van der Waals surface area contributed by atoms with Crippen molar-refractivity contribution >= 4 is 23.4 Å². The lowest BCUT2D eigenvalue weighted by Crippen LogP contribution is -2.27. The number of fused-ring (bicyclic) bond motifs is 1. The van der Waals surface area contributed by atoms with Gasteiger partial charge in [-0.05, 0) is 35.9 Å². The van der Waals surface area contributed by atoms with Gasteiger partial charge in [0.05, 0.1) is 5.69 Å². The van der Waals surface area contributed by atoms with E-state index < -0.39 is 0 Å². The zero-order chi connectivity index (χ0) is 18.0. The van der Waals surface area contributed by atoms with Gasteiger partial charge in [0.1, 0.15) is 12.0 Å². The van der Waals surface area contributed by atoms with Crippen LogP contribution >= 0.6 is 11.8 Å². The summed E-state index contributed by atoms with van der Waals surface area (Å²) >= 11 is 1.69. The van der Waals surface area contributed by atoms with Crippen LogP contribution in [0.3, 0.4) is 0 Å². The lowest BCUT2D eigenvalue weighted by molar-refractivity contribution is 0.0779. The summed E-state index contributed by atoms with van der Waals surface area (Å²) in [5.74, 6) is 0.539. The monoisotopic (exact) mass is 355 g/mol. The molecule has 3 rings (SSSR count). The van der Waals surface area contributed by atoms with Crippen LogP contribution in [0.15, 0.2) is 41.6 Å². The standard InChI is InChI=1S/C18H21N5OS/c1-12(2)16-9-15(21-18-19-11-20-23(16)18)17(24)22(3)10-13-6-5-7-14(8-13)25-4/h5-9,11-12H,10H2,1-4H3. The largest absolute Gasteiger partial charge is 0.336 e. The molecule has 0 spiro atoms. The lowest BCUT2D eigenvalue weighted by Gasteiger charge is -2.18. The van der Waals surface area contributed by atoms with E-state index in [2.05, 4.69) is 41.0 Å². The van der Waals surface area contributed by atoms with Crippen molar-refractivity contribution in [2.45, 2.75) is 31.2 Å². The van der Waals surface area contributed by atoms with E-state index in [4.69, 9.17) is 0 Å². The maximum absolute atomic E-state index is 12.8. The van der Waals surface area contributed by atoms with E-state index in [1.54, 1.807) is 28.2 Å². The molecule has 0 N–H and O–H groups in total. The summed E-state index contributed by atoms with van der Waals surface area (Å²) < 4.78 is 1.68. The van der Waals surface area contributed by atoms with Crippen LogP contribution < -0.4 is 0 Å². The number of amides is 1. The Labute approximate surface area is 151 Å². The molecule has 0 saturated carbocycles. The van der Waals surface area contributed by atoms with E-state index in [-0.39, 0.29) is 11.8 Å². The van der Waals surface area contributed by atoms with Crippen molar-refractivity contribution < 1.29 is 4.79 Å².